The van der Waals surface area contributed by atoms with Crippen LogP contribution in [0.25, 0.3) is 0 Å². The van der Waals surface area contributed by atoms with Crippen LogP contribution in [0.5, 0.6) is 0 Å². The molecule has 2 aromatic heterocycles. The standard InChI is InChI=1S/C20H20N2O4S2/c1-13-11-18(15(3)27-13)14(2)21-22-20(23)19-10-9-16(26-19)12-28(24,25)17-7-5-4-6-8-17/h4-11H,12H2,1-3H3,(H,22,23)/b21-14-. The Kier molecular flexibility index (Phi) is 5.81. The highest BCUT2D eigenvalue weighted by molar-refractivity contribution is 7.90. The summed E-state index contributed by atoms with van der Waals surface area (Å²) in [6.07, 6.45) is 0. The second-order valence-electron chi connectivity index (χ2n) is 6.30. The highest BCUT2D eigenvalue weighted by Crippen LogP contribution is 2.21. The second-order valence-corrected chi connectivity index (χ2v) is 9.75. The lowest BCUT2D eigenvalue weighted by atomic mass is 10.2. The molecule has 3 rings (SSSR count). The molecule has 1 aromatic carbocycles. The van der Waals surface area contributed by atoms with Gasteiger partial charge in [0.25, 0.3) is 0 Å². The molecular formula is C20H20N2O4S2. The molecule has 1 amide bonds. The fourth-order valence-corrected chi connectivity index (χ4v) is 4.96. The van der Waals surface area contributed by atoms with Crippen LogP contribution in [0.2, 0.25) is 0 Å². The molecule has 0 aliphatic rings. The minimum absolute atomic E-state index is 0.00744. The van der Waals surface area contributed by atoms with E-state index in [-0.39, 0.29) is 22.2 Å². The number of nitrogens with zero attached hydrogens (tertiary/aromatic N) is 1. The number of nitrogens with one attached hydrogen (secondary N) is 1. The van der Waals surface area contributed by atoms with E-state index in [9.17, 15) is 13.2 Å². The number of carbonyl (C=O) groups is 1. The quantitative estimate of drug-likeness (QED) is 0.484. The predicted octanol–water partition coefficient (Wildman–Crippen LogP) is 4.09. The Morgan fingerprint density at radius 1 is 1.14 bits per heavy atom. The molecule has 1 N–H and O–H groups in total. The van der Waals surface area contributed by atoms with Crippen LogP contribution in [0.4, 0.5) is 0 Å². The first-order valence-corrected chi connectivity index (χ1v) is 11.0. The number of hydrogen-bond donors (Lipinski definition) is 1. The van der Waals surface area contributed by atoms with E-state index in [1.54, 1.807) is 29.5 Å². The van der Waals surface area contributed by atoms with Crippen LogP contribution in [0.15, 0.2) is 62.9 Å². The normalized spacial score (nSPS) is 12.2. The van der Waals surface area contributed by atoms with Gasteiger partial charge in [-0.2, -0.15) is 5.10 Å². The molecule has 0 saturated heterocycles. The van der Waals surface area contributed by atoms with E-state index in [1.165, 1.54) is 29.1 Å². The minimum atomic E-state index is -3.54. The maximum Gasteiger partial charge on any atom is 0.307 e. The number of thiophene rings is 1. The summed E-state index contributed by atoms with van der Waals surface area (Å²) < 4.78 is 30.2. The molecule has 3 aromatic rings. The fraction of sp³-hybridized carbons (Fsp3) is 0.200. The summed E-state index contributed by atoms with van der Waals surface area (Å²) in [6.45, 7) is 5.83. The highest BCUT2D eigenvalue weighted by Gasteiger charge is 2.19. The van der Waals surface area contributed by atoms with E-state index in [4.69, 9.17) is 4.42 Å². The van der Waals surface area contributed by atoms with Gasteiger partial charge in [0, 0.05) is 15.3 Å². The predicted molar refractivity (Wildman–Crippen MR) is 110 cm³/mol. The second kappa shape index (κ2) is 8.12. The number of furan rings is 1. The minimum Gasteiger partial charge on any atom is -0.455 e. The van der Waals surface area contributed by atoms with Crippen LogP contribution >= 0.6 is 11.3 Å². The molecule has 0 saturated carbocycles. The Labute approximate surface area is 167 Å². The Hall–Kier alpha value is -2.71. The number of aryl methyl sites for hydroxylation is 2. The summed E-state index contributed by atoms with van der Waals surface area (Å²) >= 11 is 1.67. The number of carbonyl (C=O) groups excluding carboxylic acids is 1. The molecule has 28 heavy (non-hydrogen) atoms. The zero-order valence-electron chi connectivity index (χ0n) is 15.7. The molecule has 0 radical (unpaired) electrons. The average molecular weight is 417 g/mol. The van der Waals surface area contributed by atoms with Crippen LogP contribution in [0.3, 0.4) is 0 Å². The Balaban J connectivity index is 1.69. The zero-order valence-corrected chi connectivity index (χ0v) is 17.4. The largest absolute Gasteiger partial charge is 0.455 e. The molecule has 0 fully saturated rings. The van der Waals surface area contributed by atoms with Crippen LogP contribution in [-0.4, -0.2) is 20.0 Å². The van der Waals surface area contributed by atoms with Gasteiger partial charge in [-0.15, -0.1) is 11.3 Å². The first-order valence-electron chi connectivity index (χ1n) is 8.55. The molecular weight excluding hydrogens is 396 g/mol. The Morgan fingerprint density at radius 2 is 1.86 bits per heavy atom. The maximum atomic E-state index is 12.4. The van der Waals surface area contributed by atoms with E-state index < -0.39 is 15.7 Å². The van der Waals surface area contributed by atoms with Crippen LogP contribution in [0.1, 0.15) is 38.6 Å². The third-order valence-corrected chi connectivity index (χ3v) is 6.70. The van der Waals surface area contributed by atoms with Crippen molar-refractivity contribution in [2.45, 2.75) is 31.4 Å². The topological polar surface area (TPSA) is 88.7 Å². The number of sulfone groups is 1. The van der Waals surface area contributed by atoms with Crippen molar-refractivity contribution in [3.05, 3.63) is 75.4 Å². The van der Waals surface area contributed by atoms with Gasteiger partial charge in [-0.25, -0.2) is 13.8 Å². The summed E-state index contributed by atoms with van der Waals surface area (Å²) in [5, 5.41) is 4.12. The molecule has 2 heterocycles. The summed E-state index contributed by atoms with van der Waals surface area (Å²) in [4.78, 5) is 14.8. The van der Waals surface area contributed by atoms with Crippen molar-refractivity contribution in [3.63, 3.8) is 0 Å². The van der Waals surface area contributed by atoms with Crippen LogP contribution < -0.4 is 5.43 Å². The van der Waals surface area contributed by atoms with Crippen molar-refractivity contribution in [3.8, 4) is 0 Å². The molecule has 0 spiro atoms. The van der Waals surface area contributed by atoms with Gasteiger partial charge in [0.05, 0.1) is 10.6 Å². The van der Waals surface area contributed by atoms with E-state index in [1.807, 2.05) is 26.8 Å². The summed E-state index contributed by atoms with van der Waals surface area (Å²) in [7, 11) is -3.54. The van der Waals surface area contributed by atoms with Crippen molar-refractivity contribution in [2.24, 2.45) is 5.10 Å². The molecule has 6 nitrogen and oxygen atoms in total. The molecule has 0 atom stereocenters. The van der Waals surface area contributed by atoms with E-state index in [2.05, 4.69) is 10.5 Å². The van der Waals surface area contributed by atoms with Crippen molar-refractivity contribution < 1.29 is 17.6 Å². The van der Waals surface area contributed by atoms with Crippen LogP contribution in [-0.2, 0) is 15.6 Å². The van der Waals surface area contributed by atoms with Gasteiger partial charge in [0.15, 0.2) is 15.6 Å². The number of rotatable bonds is 6. The Morgan fingerprint density at radius 3 is 2.50 bits per heavy atom. The average Bonchev–Trinajstić information content (AvgIpc) is 3.25. The molecule has 0 unspecified atom stereocenters. The lowest BCUT2D eigenvalue weighted by Gasteiger charge is -2.02. The van der Waals surface area contributed by atoms with Gasteiger partial charge in [0.2, 0.25) is 0 Å². The number of hydrogen-bond acceptors (Lipinski definition) is 6. The van der Waals surface area contributed by atoms with E-state index in [0.717, 1.165) is 10.4 Å². The van der Waals surface area contributed by atoms with Crippen molar-refractivity contribution >= 4 is 32.8 Å². The van der Waals surface area contributed by atoms with Gasteiger partial charge in [-0.05, 0) is 51.1 Å². The first-order chi connectivity index (χ1) is 13.3. The third kappa shape index (κ3) is 4.58. The van der Waals surface area contributed by atoms with Gasteiger partial charge in [0.1, 0.15) is 11.5 Å². The molecule has 0 aliphatic heterocycles. The molecule has 8 heteroatoms. The first kappa shape index (κ1) is 20.0. The fourth-order valence-electron chi connectivity index (χ4n) is 2.72. The smallest absolute Gasteiger partial charge is 0.307 e. The molecule has 0 aliphatic carbocycles. The SMILES string of the molecule is C/C(=N/NC(=O)c1ccc(CS(=O)(=O)c2ccccc2)o1)c1cc(C)sc1C. The highest BCUT2D eigenvalue weighted by atomic mass is 32.2. The summed E-state index contributed by atoms with van der Waals surface area (Å²) in [6, 6.07) is 13.1. The van der Waals surface area contributed by atoms with Crippen LogP contribution in [0, 0.1) is 13.8 Å². The molecule has 0 bridgehead atoms. The van der Waals surface area contributed by atoms with Crippen molar-refractivity contribution in [2.75, 3.05) is 0 Å². The monoisotopic (exact) mass is 416 g/mol. The summed E-state index contributed by atoms with van der Waals surface area (Å²) in [5.41, 5.74) is 4.12. The Bertz CT molecular complexity index is 1130. The van der Waals surface area contributed by atoms with Gasteiger partial charge in [-0.1, -0.05) is 18.2 Å². The van der Waals surface area contributed by atoms with E-state index in [0.29, 0.717) is 5.71 Å². The van der Waals surface area contributed by atoms with Gasteiger partial charge >= 0.3 is 5.91 Å². The number of benzene rings is 1. The number of hydrazone groups is 1. The van der Waals surface area contributed by atoms with E-state index >= 15 is 0 Å². The maximum absolute atomic E-state index is 12.4. The lowest BCUT2D eigenvalue weighted by molar-refractivity contribution is 0.0925. The van der Waals surface area contributed by atoms with Gasteiger partial charge < -0.3 is 4.42 Å². The molecule has 146 valence electrons. The third-order valence-electron chi connectivity index (χ3n) is 4.08. The van der Waals surface area contributed by atoms with Crippen molar-refractivity contribution in [1.29, 1.82) is 0 Å². The zero-order chi connectivity index (χ0) is 20.3. The lowest BCUT2D eigenvalue weighted by Crippen LogP contribution is -2.18. The van der Waals surface area contributed by atoms with Gasteiger partial charge in [-0.3, -0.25) is 4.79 Å². The summed E-state index contributed by atoms with van der Waals surface area (Å²) in [5.74, 6) is -0.653. The van der Waals surface area contributed by atoms with Crippen molar-refractivity contribution in [1.82, 2.24) is 5.43 Å². The number of amides is 1.